The van der Waals surface area contributed by atoms with Crippen molar-refractivity contribution in [2.24, 2.45) is 0 Å². The molecule has 0 amide bonds. The molecule has 7 aromatic carbocycles. The first-order valence-electron chi connectivity index (χ1n) is 15.3. The molecule has 0 spiro atoms. The molecular formula is C42H32O2P2. The summed E-state index contributed by atoms with van der Waals surface area (Å²) in [7, 11) is -6.79. The van der Waals surface area contributed by atoms with Gasteiger partial charge in [-0.3, -0.25) is 0 Å². The topological polar surface area (TPSA) is 34.1 Å². The second-order valence-corrected chi connectivity index (χ2v) is 16.8. The summed E-state index contributed by atoms with van der Waals surface area (Å²) in [5.41, 5.74) is 4.02. The highest BCUT2D eigenvalue weighted by Crippen LogP contribution is 2.47. The Morgan fingerprint density at radius 1 is 0.239 bits per heavy atom. The molecule has 0 saturated heterocycles. The first-order valence-corrected chi connectivity index (χ1v) is 18.7. The Hall–Kier alpha value is -5.00. The Morgan fingerprint density at radius 2 is 0.543 bits per heavy atom. The van der Waals surface area contributed by atoms with Crippen LogP contribution in [-0.4, -0.2) is 0 Å². The Bertz CT molecular complexity index is 1980. The normalized spacial score (nSPS) is 11.7. The Labute approximate surface area is 270 Å². The van der Waals surface area contributed by atoms with Crippen molar-refractivity contribution in [3.8, 4) is 22.3 Å². The van der Waals surface area contributed by atoms with E-state index in [2.05, 4.69) is 30.3 Å². The van der Waals surface area contributed by atoms with Gasteiger partial charge in [0.2, 0.25) is 0 Å². The molecule has 0 atom stereocenters. The molecule has 0 bridgehead atoms. The van der Waals surface area contributed by atoms with Crippen molar-refractivity contribution in [3.63, 3.8) is 0 Å². The van der Waals surface area contributed by atoms with E-state index in [1.807, 2.05) is 164 Å². The molecule has 0 fully saturated rings. The van der Waals surface area contributed by atoms with Crippen LogP contribution >= 0.6 is 14.3 Å². The molecule has 2 nitrogen and oxygen atoms in total. The lowest BCUT2D eigenvalue weighted by molar-refractivity contribution is 0.592. The molecule has 0 aliphatic heterocycles. The summed E-state index contributed by atoms with van der Waals surface area (Å²) in [6, 6.07) is 63.3. The van der Waals surface area contributed by atoms with E-state index in [-0.39, 0.29) is 0 Å². The van der Waals surface area contributed by atoms with Crippen molar-refractivity contribution in [2.75, 3.05) is 0 Å². The molecule has 7 rings (SSSR count). The van der Waals surface area contributed by atoms with Gasteiger partial charge >= 0.3 is 0 Å². The van der Waals surface area contributed by atoms with Gasteiger partial charge in [0, 0.05) is 31.8 Å². The summed E-state index contributed by atoms with van der Waals surface area (Å²) < 4.78 is 31.5. The Morgan fingerprint density at radius 3 is 0.913 bits per heavy atom. The Kier molecular flexibility index (Phi) is 8.25. The smallest absolute Gasteiger partial charge is 0.171 e. The molecule has 0 unspecified atom stereocenters. The molecule has 0 aliphatic carbocycles. The second kappa shape index (κ2) is 12.8. The second-order valence-electron chi connectivity index (χ2n) is 11.2. The highest BCUT2D eigenvalue weighted by molar-refractivity contribution is 7.86. The van der Waals surface area contributed by atoms with Crippen LogP contribution in [0.3, 0.4) is 0 Å². The molecule has 0 radical (unpaired) electrons. The molecule has 0 aromatic heterocycles. The van der Waals surface area contributed by atoms with Gasteiger partial charge in [-0.1, -0.05) is 170 Å². The van der Waals surface area contributed by atoms with E-state index in [0.717, 1.165) is 43.5 Å². The lowest BCUT2D eigenvalue weighted by Gasteiger charge is -2.25. The van der Waals surface area contributed by atoms with Crippen LogP contribution < -0.4 is 31.8 Å². The van der Waals surface area contributed by atoms with Crippen LogP contribution in [0.2, 0.25) is 0 Å². The van der Waals surface area contributed by atoms with Crippen molar-refractivity contribution in [2.45, 2.75) is 0 Å². The van der Waals surface area contributed by atoms with Crippen molar-refractivity contribution in [1.29, 1.82) is 0 Å². The standard InChI is InChI=1S/C42H32O2P2/c43-45(37-21-8-2-9-22-37,38-23-10-3-11-24-38)41-30-36(35-20-16-19-34(29-35)33-17-6-1-7-18-33)31-42(32-41)46(44,39-25-12-4-13-26-39)40-27-14-5-15-28-40/h1-32H. The van der Waals surface area contributed by atoms with Crippen LogP contribution in [0.1, 0.15) is 0 Å². The fourth-order valence-corrected chi connectivity index (χ4v) is 11.6. The summed E-state index contributed by atoms with van der Waals surface area (Å²) in [4.78, 5) is 0. The minimum absolute atomic E-state index is 0.648. The fourth-order valence-electron chi connectivity index (χ4n) is 6.08. The molecule has 0 saturated carbocycles. The number of benzene rings is 7. The highest BCUT2D eigenvalue weighted by atomic mass is 31.2. The van der Waals surface area contributed by atoms with E-state index >= 15 is 9.13 Å². The van der Waals surface area contributed by atoms with Crippen LogP contribution in [0.15, 0.2) is 194 Å². The number of hydrogen-bond acceptors (Lipinski definition) is 2. The maximum Gasteiger partial charge on any atom is 0.171 e. The van der Waals surface area contributed by atoms with Gasteiger partial charge in [-0.15, -0.1) is 0 Å². The molecule has 0 heterocycles. The van der Waals surface area contributed by atoms with E-state index in [4.69, 9.17) is 0 Å². The summed E-state index contributed by atoms with van der Waals surface area (Å²) in [6.45, 7) is 0. The predicted octanol–water partition coefficient (Wildman–Crippen LogP) is 8.30. The largest absolute Gasteiger partial charge is 0.309 e. The zero-order valence-electron chi connectivity index (χ0n) is 25.2. The van der Waals surface area contributed by atoms with Gasteiger partial charge in [-0.2, -0.15) is 0 Å². The lowest BCUT2D eigenvalue weighted by Crippen LogP contribution is -2.30. The van der Waals surface area contributed by atoms with Crippen LogP contribution in [-0.2, 0) is 9.13 Å². The van der Waals surface area contributed by atoms with Crippen molar-refractivity contribution >= 4 is 46.1 Å². The summed E-state index contributed by atoms with van der Waals surface area (Å²) in [5.74, 6) is 0. The van der Waals surface area contributed by atoms with E-state index in [9.17, 15) is 0 Å². The third kappa shape index (κ3) is 5.52. The third-order valence-electron chi connectivity index (χ3n) is 8.41. The monoisotopic (exact) mass is 630 g/mol. The highest BCUT2D eigenvalue weighted by Gasteiger charge is 2.35. The van der Waals surface area contributed by atoms with Gasteiger partial charge in [-0.05, 0) is 46.5 Å². The molecule has 0 N–H and O–H groups in total. The first kappa shape index (κ1) is 29.7. The molecule has 0 aliphatic rings. The summed E-state index contributed by atoms with van der Waals surface area (Å²) >= 11 is 0. The van der Waals surface area contributed by atoms with Gasteiger partial charge in [-0.25, -0.2) is 0 Å². The van der Waals surface area contributed by atoms with Gasteiger partial charge in [0.1, 0.15) is 0 Å². The molecular weight excluding hydrogens is 598 g/mol. The van der Waals surface area contributed by atoms with Crippen LogP contribution in [0.4, 0.5) is 0 Å². The molecule has 7 aromatic rings. The van der Waals surface area contributed by atoms with Crippen molar-refractivity contribution < 1.29 is 9.13 Å². The zero-order chi connectivity index (χ0) is 31.4. The lowest BCUT2D eigenvalue weighted by atomic mass is 9.99. The summed E-state index contributed by atoms with van der Waals surface area (Å²) in [6.07, 6.45) is 0. The van der Waals surface area contributed by atoms with Crippen LogP contribution in [0, 0.1) is 0 Å². The van der Waals surface area contributed by atoms with Crippen molar-refractivity contribution in [3.05, 3.63) is 194 Å². The third-order valence-corrected chi connectivity index (χ3v) is 14.5. The molecule has 222 valence electrons. The molecule has 46 heavy (non-hydrogen) atoms. The van der Waals surface area contributed by atoms with Crippen molar-refractivity contribution in [1.82, 2.24) is 0 Å². The Balaban J connectivity index is 1.55. The average molecular weight is 631 g/mol. The maximum absolute atomic E-state index is 15.8. The van der Waals surface area contributed by atoms with E-state index < -0.39 is 14.3 Å². The van der Waals surface area contributed by atoms with Gasteiger partial charge < -0.3 is 9.13 Å². The van der Waals surface area contributed by atoms with E-state index in [1.165, 1.54) is 0 Å². The van der Waals surface area contributed by atoms with Gasteiger partial charge in [0.15, 0.2) is 14.3 Å². The number of rotatable bonds is 8. The maximum atomic E-state index is 15.8. The first-order chi connectivity index (χ1) is 22.6. The molecule has 4 heteroatoms. The summed E-state index contributed by atoms with van der Waals surface area (Å²) in [5, 5.41) is 4.23. The SMILES string of the molecule is O=P(c1ccccc1)(c1ccccc1)c1cc(-c2cccc(-c3ccccc3)c2)cc(P(=O)(c2ccccc2)c2ccccc2)c1. The predicted molar refractivity (Wildman–Crippen MR) is 196 cm³/mol. The minimum Gasteiger partial charge on any atom is -0.309 e. The fraction of sp³-hybridized carbons (Fsp3) is 0. The zero-order valence-corrected chi connectivity index (χ0v) is 27.0. The minimum atomic E-state index is -3.39. The van der Waals surface area contributed by atoms with E-state index in [0.29, 0.717) is 10.6 Å². The van der Waals surface area contributed by atoms with Gasteiger partial charge in [0.05, 0.1) is 0 Å². The van der Waals surface area contributed by atoms with Crippen LogP contribution in [0.5, 0.6) is 0 Å². The quantitative estimate of drug-likeness (QED) is 0.158. The van der Waals surface area contributed by atoms with Gasteiger partial charge in [0.25, 0.3) is 0 Å². The number of hydrogen-bond donors (Lipinski definition) is 0. The van der Waals surface area contributed by atoms with E-state index in [1.54, 1.807) is 0 Å². The average Bonchev–Trinajstić information content (AvgIpc) is 3.16. The van der Waals surface area contributed by atoms with Crippen LogP contribution in [0.25, 0.3) is 22.3 Å².